The van der Waals surface area contributed by atoms with Crippen LogP contribution < -0.4 is 0 Å². The first kappa shape index (κ1) is 24.7. The zero-order valence-electron chi connectivity index (χ0n) is 19.7. The molecule has 3 aromatic carbocycles. The molecule has 0 unspecified atom stereocenters. The van der Waals surface area contributed by atoms with Crippen molar-refractivity contribution in [1.82, 2.24) is 20.0 Å². The Bertz CT molecular complexity index is 1610. The van der Waals surface area contributed by atoms with Gasteiger partial charge in [0.25, 0.3) is 5.89 Å². The molecule has 0 saturated heterocycles. The molecule has 37 heavy (non-hydrogen) atoms. The molecular formula is C28H20BrCl3N4O. The van der Waals surface area contributed by atoms with Gasteiger partial charge >= 0.3 is 0 Å². The van der Waals surface area contributed by atoms with Gasteiger partial charge < -0.3 is 4.42 Å². The molecule has 1 saturated carbocycles. The maximum Gasteiger partial charge on any atom is 0.268 e. The van der Waals surface area contributed by atoms with Crippen LogP contribution in [0.5, 0.6) is 0 Å². The lowest BCUT2D eigenvalue weighted by Gasteiger charge is -2.11. The summed E-state index contributed by atoms with van der Waals surface area (Å²) in [4.78, 5) is 0. The monoisotopic (exact) mass is 612 g/mol. The molecule has 0 N–H and O–H groups in total. The van der Waals surface area contributed by atoms with E-state index >= 15 is 0 Å². The molecule has 1 aliphatic rings. The maximum absolute atomic E-state index is 6.64. The maximum atomic E-state index is 6.64. The van der Waals surface area contributed by atoms with Crippen molar-refractivity contribution < 1.29 is 4.42 Å². The van der Waals surface area contributed by atoms with E-state index in [0.29, 0.717) is 44.7 Å². The highest BCUT2D eigenvalue weighted by Crippen LogP contribution is 2.53. The minimum absolute atomic E-state index is 0.279. The van der Waals surface area contributed by atoms with E-state index in [-0.39, 0.29) is 5.41 Å². The minimum atomic E-state index is -0.279. The summed E-state index contributed by atoms with van der Waals surface area (Å²) in [6.45, 7) is 2.09. The number of halogens is 4. The molecule has 0 aliphatic heterocycles. The third-order valence-electron chi connectivity index (χ3n) is 6.78. The van der Waals surface area contributed by atoms with Crippen LogP contribution >= 0.6 is 50.7 Å². The second kappa shape index (κ2) is 9.59. The van der Waals surface area contributed by atoms with Gasteiger partial charge in [-0.05, 0) is 67.3 Å². The molecule has 2 aromatic heterocycles. The largest absolute Gasteiger partial charge is 0.418 e. The third kappa shape index (κ3) is 4.40. The molecule has 0 radical (unpaired) electrons. The van der Waals surface area contributed by atoms with Crippen LogP contribution in [-0.2, 0) is 11.8 Å². The van der Waals surface area contributed by atoms with Gasteiger partial charge in [-0.2, -0.15) is 5.10 Å². The molecule has 5 aromatic rings. The van der Waals surface area contributed by atoms with Crippen molar-refractivity contribution in [2.75, 3.05) is 0 Å². The first-order valence-electron chi connectivity index (χ1n) is 11.8. The smallest absolute Gasteiger partial charge is 0.268 e. The van der Waals surface area contributed by atoms with Gasteiger partial charge in [0.2, 0.25) is 5.89 Å². The lowest BCUT2D eigenvalue weighted by Crippen LogP contribution is -2.08. The Morgan fingerprint density at radius 2 is 1.62 bits per heavy atom. The standard InChI is InChI=1S/C28H20BrCl3N4O/c1-2-21-24(26-33-34-27(37-26)28(13-14-28)17-5-9-19(30)10-6-17)35-36(23-12-11-20(31)15-22(23)32)25(21)16-3-7-18(29)8-4-16/h3-12,15H,2,13-14H2,1H3. The van der Waals surface area contributed by atoms with Crippen LogP contribution in [0.4, 0.5) is 0 Å². The summed E-state index contributed by atoms with van der Waals surface area (Å²) in [7, 11) is 0. The summed E-state index contributed by atoms with van der Waals surface area (Å²) in [6.07, 6.45) is 2.58. The predicted octanol–water partition coefficient (Wildman–Crippen LogP) is 8.95. The van der Waals surface area contributed by atoms with E-state index in [0.717, 1.165) is 39.7 Å². The normalized spacial score (nSPS) is 14.2. The van der Waals surface area contributed by atoms with Gasteiger partial charge in [0.15, 0.2) is 5.69 Å². The Hall–Kier alpha value is -2.64. The molecular weight excluding hydrogens is 595 g/mol. The van der Waals surface area contributed by atoms with Crippen LogP contribution in [0.1, 0.15) is 36.8 Å². The van der Waals surface area contributed by atoms with Crippen LogP contribution in [0.25, 0.3) is 28.5 Å². The van der Waals surface area contributed by atoms with Gasteiger partial charge in [0.1, 0.15) is 0 Å². The molecule has 5 nitrogen and oxygen atoms in total. The number of rotatable bonds is 6. The van der Waals surface area contributed by atoms with Crippen LogP contribution in [-0.4, -0.2) is 20.0 Å². The molecule has 0 amide bonds. The molecule has 2 heterocycles. The molecule has 1 fully saturated rings. The van der Waals surface area contributed by atoms with Gasteiger partial charge in [-0.3, -0.25) is 0 Å². The van der Waals surface area contributed by atoms with E-state index in [1.807, 2.05) is 59.3 Å². The van der Waals surface area contributed by atoms with Gasteiger partial charge in [-0.1, -0.05) is 81.9 Å². The van der Waals surface area contributed by atoms with Crippen molar-refractivity contribution in [3.8, 4) is 28.5 Å². The number of hydrogen-bond acceptors (Lipinski definition) is 4. The second-order valence-corrected chi connectivity index (χ2v) is 11.2. The van der Waals surface area contributed by atoms with Crippen molar-refractivity contribution in [3.05, 3.63) is 103 Å². The van der Waals surface area contributed by atoms with E-state index in [9.17, 15) is 0 Å². The third-order valence-corrected chi connectivity index (χ3v) is 8.09. The average molecular weight is 615 g/mol. The fourth-order valence-electron chi connectivity index (χ4n) is 4.72. The van der Waals surface area contributed by atoms with Crippen LogP contribution in [0.2, 0.25) is 15.1 Å². The summed E-state index contributed by atoms with van der Waals surface area (Å²) in [6, 6.07) is 21.3. The number of nitrogens with zero attached hydrogens (tertiary/aromatic N) is 4. The van der Waals surface area contributed by atoms with E-state index in [4.69, 9.17) is 44.3 Å². The molecule has 0 spiro atoms. The predicted molar refractivity (Wildman–Crippen MR) is 151 cm³/mol. The first-order valence-corrected chi connectivity index (χ1v) is 13.8. The van der Waals surface area contributed by atoms with Gasteiger partial charge in [-0.25, -0.2) is 4.68 Å². The lowest BCUT2D eigenvalue weighted by molar-refractivity contribution is 0.470. The van der Waals surface area contributed by atoms with Gasteiger partial charge in [-0.15, -0.1) is 10.2 Å². The van der Waals surface area contributed by atoms with Crippen LogP contribution in [0, 0.1) is 0 Å². The van der Waals surface area contributed by atoms with E-state index in [2.05, 4.69) is 33.1 Å². The van der Waals surface area contributed by atoms with Crippen LogP contribution in [0.3, 0.4) is 0 Å². The van der Waals surface area contributed by atoms with Gasteiger partial charge in [0.05, 0.1) is 21.8 Å². The first-order chi connectivity index (χ1) is 17.9. The fraction of sp³-hybridized carbons (Fsp3) is 0.179. The van der Waals surface area contributed by atoms with Crippen molar-refractivity contribution in [2.24, 2.45) is 0 Å². The lowest BCUT2D eigenvalue weighted by atomic mass is 9.96. The summed E-state index contributed by atoms with van der Waals surface area (Å²) >= 11 is 22.5. The summed E-state index contributed by atoms with van der Waals surface area (Å²) < 4.78 is 9.17. The van der Waals surface area contributed by atoms with Crippen molar-refractivity contribution >= 4 is 50.7 Å². The van der Waals surface area contributed by atoms with E-state index in [1.165, 1.54) is 0 Å². The molecule has 0 atom stereocenters. The van der Waals surface area contributed by atoms with Crippen molar-refractivity contribution in [2.45, 2.75) is 31.6 Å². The van der Waals surface area contributed by atoms with Gasteiger partial charge in [0, 0.05) is 25.6 Å². The number of aromatic nitrogens is 4. The van der Waals surface area contributed by atoms with Crippen molar-refractivity contribution in [3.63, 3.8) is 0 Å². The Kier molecular flexibility index (Phi) is 6.40. The van der Waals surface area contributed by atoms with E-state index in [1.54, 1.807) is 12.1 Å². The Morgan fingerprint density at radius 3 is 2.27 bits per heavy atom. The molecule has 6 rings (SSSR count). The Morgan fingerprint density at radius 1 is 0.919 bits per heavy atom. The highest BCUT2D eigenvalue weighted by molar-refractivity contribution is 9.10. The minimum Gasteiger partial charge on any atom is -0.418 e. The molecule has 1 aliphatic carbocycles. The van der Waals surface area contributed by atoms with Crippen LogP contribution in [0.15, 0.2) is 75.6 Å². The highest BCUT2D eigenvalue weighted by Gasteiger charge is 2.51. The highest BCUT2D eigenvalue weighted by atomic mass is 79.9. The molecule has 9 heteroatoms. The number of benzene rings is 3. The zero-order valence-corrected chi connectivity index (χ0v) is 23.5. The Balaban J connectivity index is 1.51. The molecule has 186 valence electrons. The summed E-state index contributed by atoms with van der Waals surface area (Å²) in [5.41, 5.74) is 5.08. The van der Waals surface area contributed by atoms with E-state index < -0.39 is 0 Å². The second-order valence-electron chi connectivity index (χ2n) is 9.05. The summed E-state index contributed by atoms with van der Waals surface area (Å²) in [5, 5.41) is 15.7. The number of hydrogen-bond donors (Lipinski definition) is 0. The average Bonchev–Trinajstić information content (AvgIpc) is 3.38. The Labute approximate surface area is 237 Å². The van der Waals surface area contributed by atoms with Crippen molar-refractivity contribution in [1.29, 1.82) is 0 Å². The summed E-state index contributed by atoms with van der Waals surface area (Å²) in [5.74, 6) is 0.977. The SMILES string of the molecule is CCc1c(-c2nnc(C3(c4ccc(Cl)cc4)CC3)o2)nn(-c2ccc(Cl)cc2Cl)c1-c1ccc(Br)cc1. The zero-order chi connectivity index (χ0) is 25.7. The quantitative estimate of drug-likeness (QED) is 0.192. The topological polar surface area (TPSA) is 56.7 Å². The molecule has 0 bridgehead atoms. The fourth-order valence-corrected chi connectivity index (χ4v) is 5.60.